The average Bonchev–Trinajstić information content (AvgIpc) is 3.41. The molecule has 0 radical (unpaired) electrons. The van der Waals surface area contributed by atoms with E-state index < -0.39 is 17.7 Å². The van der Waals surface area contributed by atoms with E-state index in [1.165, 1.54) is 17.0 Å². The molecule has 2 unspecified atom stereocenters. The highest BCUT2D eigenvalue weighted by Gasteiger charge is 2.47. The van der Waals surface area contributed by atoms with Crippen molar-refractivity contribution in [2.24, 2.45) is 0 Å². The van der Waals surface area contributed by atoms with Gasteiger partial charge < -0.3 is 29.3 Å². The van der Waals surface area contributed by atoms with Crippen LogP contribution >= 0.6 is 0 Å². The van der Waals surface area contributed by atoms with Crippen molar-refractivity contribution in [2.45, 2.75) is 25.0 Å². The Morgan fingerprint density at radius 3 is 2.47 bits per heavy atom. The summed E-state index contributed by atoms with van der Waals surface area (Å²) in [6.07, 6.45) is 1.53. The van der Waals surface area contributed by atoms with Gasteiger partial charge in [-0.1, -0.05) is 12.1 Å². The molecule has 2 atom stereocenters. The van der Waals surface area contributed by atoms with Gasteiger partial charge in [0, 0.05) is 18.7 Å². The number of likely N-dealkylation sites (tertiary alicyclic amines) is 1. The number of carbonyl (C=O) groups is 2. The Balaban J connectivity index is 1.60. The normalized spacial score (nSPS) is 24.2. The summed E-state index contributed by atoms with van der Waals surface area (Å²) >= 11 is 0. The molecule has 0 aliphatic carbocycles. The Labute approximate surface area is 184 Å². The number of hydrogen-bond acceptors (Lipinski definition) is 7. The average molecular weight is 437 g/mol. The van der Waals surface area contributed by atoms with Crippen LogP contribution in [0.1, 0.15) is 30.0 Å². The lowest BCUT2D eigenvalue weighted by molar-refractivity contribution is -0.140. The first-order valence-electron chi connectivity index (χ1n) is 10.6. The van der Waals surface area contributed by atoms with Gasteiger partial charge in [0.05, 0.1) is 17.7 Å². The van der Waals surface area contributed by atoms with Gasteiger partial charge in [-0.05, 0) is 48.7 Å². The van der Waals surface area contributed by atoms with E-state index in [2.05, 4.69) is 0 Å². The van der Waals surface area contributed by atoms with Crippen LogP contribution in [0.2, 0.25) is 0 Å². The molecule has 2 aromatic rings. The highest BCUT2D eigenvalue weighted by atomic mass is 16.6. The third kappa shape index (κ3) is 3.56. The lowest BCUT2D eigenvalue weighted by atomic mass is 9.95. The number of aliphatic hydroxyl groups is 1. The third-order valence-corrected chi connectivity index (χ3v) is 5.99. The molecular formula is C24H23NO7. The van der Waals surface area contributed by atoms with Crippen LogP contribution in [-0.4, -0.2) is 59.3 Å². The van der Waals surface area contributed by atoms with Crippen LogP contribution < -0.4 is 9.47 Å². The molecule has 2 saturated heterocycles. The van der Waals surface area contributed by atoms with Crippen LogP contribution in [0.4, 0.5) is 0 Å². The van der Waals surface area contributed by atoms with Gasteiger partial charge in [0.2, 0.25) is 0 Å². The fourth-order valence-corrected chi connectivity index (χ4v) is 4.43. The molecule has 5 rings (SSSR count). The van der Waals surface area contributed by atoms with Crippen molar-refractivity contribution in [3.63, 3.8) is 0 Å². The van der Waals surface area contributed by atoms with Gasteiger partial charge in [0.15, 0.2) is 11.5 Å². The quantitative estimate of drug-likeness (QED) is 0.430. The summed E-state index contributed by atoms with van der Waals surface area (Å²) in [5, 5.41) is 20.9. The zero-order valence-corrected chi connectivity index (χ0v) is 17.3. The van der Waals surface area contributed by atoms with Gasteiger partial charge in [-0.25, -0.2) is 0 Å². The number of fused-ring (bicyclic) bond motifs is 1. The second kappa shape index (κ2) is 8.20. The Kier molecular flexibility index (Phi) is 5.22. The number of aliphatic hydroxyl groups excluding tert-OH is 1. The molecule has 8 heteroatoms. The maximum Gasteiger partial charge on any atom is 0.295 e. The van der Waals surface area contributed by atoms with E-state index in [1.807, 2.05) is 0 Å². The van der Waals surface area contributed by atoms with E-state index in [1.54, 1.807) is 30.3 Å². The molecular weight excluding hydrogens is 414 g/mol. The van der Waals surface area contributed by atoms with Crippen LogP contribution in [-0.2, 0) is 14.3 Å². The minimum Gasteiger partial charge on any atom is -0.508 e. The highest BCUT2D eigenvalue weighted by molar-refractivity contribution is 6.46. The topological polar surface area (TPSA) is 106 Å². The second-order valence-electron chi connectivity index (χ2n) is 8.04. The first kappa shape index (κ1) is 20.4. The van der Waals surface area contributed by atoms with Gasteiger partial charge in [-0.2, -0.15) is 0 Å². The number of hydrogen-bond donors (Lipinski definition) is 2. The zero-order chi connectivity index (χ0) is 22.2. The molecule has 8 nitrogen and oxygen atoms in total. The SMILES string of the molecule is O=C1C(=O)N(CC2CCCO2)C(c2ccc(O)cc2)C1=C(O)c1ccc2c(c1)OCCO2. The van der Waals surface area contributed by atoms with E-state index in [0.29, 0.717) is 42.4 Å². The first-order chi connectivity index (χ1) is 15.5. The molecule has 166 valence electrons. The molecule has 1 amide bonds. The fraction of sp³-hybridized carbons (Fsp3) is 0.333. The molecule has 0 saturated carbocycles. The molecule has 2 fully saturated rings. The lowest BCUT2D eigenvalue weighted by Crippen LogP contribution is -2.36. The third-order valence-electron chi connectivity index (χ3n) is 5.99. The minimum atomic E-state index is -0.798. The summed E-state index contributed by atoms with van der Waals surface area (Å²) in [6.45, 7) is 1.69. The largest absolute Gasteiger partial charge is 0.508 e. The summed E-state index contributed by atoms with van der Waals surface area (Å²) in [6, 6.07) is 10.4. The molecule has 3 aliphatic rings. The van der Waals surface area contributed by atoms with E-state index in [4.69, 9.17) is 14.2 Å². The molecule has 3 heterocycles. The van der Waals surface area contributed by atoms with Crippen LogP contribution in [0.5, 0.6) is 17.2 Å². The van der Waals surface area contributed by atoms with Gasteiger partial charge in [0.1, 0.15) is 24.7 Å². The maximum atomic E-state index is 13.1. The fourth-order valence-electron chi connectivity index (χ4n) is 4.43. The summed E-state index contributed by atoms with van der Waals surface area (Å²) in [7, 11) is 0. The monoisotopic (exact) mass is 437 g/mol. The summed E-state index contributed by atoms with van der Waals surface area (Å²) in [5.41, 5.74) is 0.961. The number of phenolic OH excluding ortho intramolecular Hbond substituents is 1. The van der Waals surface area contributed by atoms with Crippen LogP contribution in [0.15, 0.2) is 48.0 Å². The van der Waals surface area contributed by atoms with Crippen molar-refractivity contribution in [3.8, 4) is 17.2 Å². The Bertz CT molecular complexity index is 1090. The maximum absolute atomic E-state index is 13.1. The van der Waals surface area contributed by atoms with Crippen LogP contribution in [0.3, 0.4) is 0 Å². The molecule has 0 aromatic heterocycles. The van der Waals surface area contributed by atoms with E-state index in [0.717, 1.165) is 12.8 Å². The number of benzene rings is 2. The number of aromatic hydroxyl groups is 1. The summed E-state index contributed by atoms with van der Waals surface area (Å²) in [4.78, 5) is 27.5. The minimum absolute atomic E-state index is 0.00429. The molecule has 0 spiro atoms. The van der Waals surface area contributed by atoms with Gasteiger partial charge in [0.25, 0.3) is 11.7 Å². The molecule has 2 N–H and O–H groups in total. The first-order valence-corrected chi connectivity index (χ1v) is 10.6. The highest BCUT2D eigenvalue weighted by Crippen LogP contribution is 2.41. The van der Waals surface area contributed by atoms with Crippen LogP contribution in [0, 0.1) is 0 Å². The predicted molar refractivity (Wildman–Crippen MR) is 114 cm³/mol. The number of Topliss-reactive ketones (excluding diaryl/α,β-unsaturated/α-hetero) is 1. The molecule has 2 aromatic carbocycles. The number of carbonyl (C=O) groups excluding carboxylic acids is 2. The number of nitrogens with zero attached hydrogens (tertiary/aromatic N) is 1. The number of phenols is 1. The molecule has 3 aliphatic heterocycles. The van der Waals surface area contributed by atoms with Crippen molar-refractivity contribution in [3.05, 3.63) is 59.2 Å². The number of ketones is 1. The van der Waals surface area contributed by atoms with Crippen molar-refractivity contribution in [2.75, 3.05) is 26.4 Å². The second-order valence-corrected chi connectivity index (χ2v) is 8.04. The lowest BCUT2D eigenvalue weighted by Gasteiger charge is -2.27. The van der Waals surface area contributed by atoms with Gasteiger partial charge >= 0.3 is 0 Å². The Hall–Kier alpha value is -3.52. The molecule has 0 bridgehead atoms. The number of ether oxygens (including phenoxy) is 3. The smallest absolute Gasteiger partial charge is 0.295 e. The van der Waals surface area contributed by atoms with Gasteiger partial charge in [-0.3, -0.25) is 9.59 Å². The Morgan fingerprint density at radius 2 is 1.75 bits per heavy atom. The van der Waals surface area contributed by atoms with Gasteiger partial charge in [-0.15, -0.1) is 0 Å². The predicted octanol–water partition coefficient (Wildman–Crippen LogP) is 2.76. The number of amides is 1. The van der Waals surface area contributed by atoms with E-state index in [-0.39, 0.29) is 29.7 Å². The van der Waals surface area contributed by atoms with Crippen molar-refractivity contribution in [1.29, 1.82) is 0 Å². The van der Waals surface area contributed by atoms with E-state index >= 15 is 0 Å². The zero-order valence-electron chi connectivity index (χ0n) is 17.3. The standard InChI is InChI=1S/C24H23NO7/c26-16-6-3-14(4-7-16)21-20(23(28)24(29)25(21)13-17-2-1-9-30-17)22(27)15-5-8-18-19(12-15)32-11-10-31-18/h3-8,12,17,21,26-27H,1-2,9-11,13H2. The summed E-state index contributed by atoms with van der Waals surface area (Å²) < 4.78 is 16.8. The van der Waals surface area contributed by atoms with E-state index in [9.17, 15) is 19.8 Å². The number of rotatable bonds is 4. The summed E-state index contributed by atoms with van der Waals surface area (Å²) in [5.74, 6) is -0.632. The Morgan fingerprint density at radius 1 is 1.00 bits per heavy atom. The van der Waals surface area contributed by atoms with Crippen molar-refractivity contribution >= 4 is 17.4 Å². The van der Waals surface area contributed by atoms with Crippen LogP contribution in [0.25, 0.3) is 5.76 Å². The molecule has 32 heavy (non-hydrogen) atoms. The van der Waals surface area contributed by atoms with Crippen molar-refractivity contribution < 1.29 is 34.0 Å². The van der Waals surface area contributed by atoms with Crippen molar-refractivity contribution in [1.82, 2.24) is 4.90 Å².